The Balaban J connectivity index is 1.57. The molecule has 1 unspecified atom stereocenters. The Hall–Kier alpha value is -2.54. The second-order valence-electron chi connectivity index (χ2n) is 7.82. The van der Waals surface area contributed by atoms with E-state index in [1.807, 2.05) is 23.8 Å². The zero-order chi connectivity index (χ0) is 20.9. The fourth-order valence-electron chi connectivity index (χ4n) is 3.70. The Morgan fingerprint density at radius 1 is 1.13 bits per heavy atom. The van der Waals surface area contributed by atoms with Crippen LogP contribution in [-0.2, 0) is 4.74 Å². The first-order valence-electron chi connectivity index (χ1n) is 10.3. The Kier molecular flexibility index (Phi) is 6.57. The Bertz CT molecular complexity index is 980. The van der Waals surface area contributed by atoms with Gasteiger partial charge in [-0.1, -0.05) is 29.8 Å². The van der Waals surface area contributed by atoms with Crippen molar-refractivity contribution in [2.75, 3.05) is 32.8 Å². The normalized spacial score (nSPS) is 15.7. The Morgan fingerprint density at radius 2 is 1.87 bits per heavy atom. The van der Waals surface area contributed by atoms with Crippen molar-refractivity contribution < 1.29 is 9.53 Å². The fraction of sp³-hybridized carbons (Fsp3) is 0.333. The highest BCUT2D eigenvalue weighted by molar-refractivity contribution is 7.13. The van der Waals surface area contributed by atoms with Gasteiger partial charge in [-0.05, 0) is 48.7 Å². The number of amides is 1. The van der Waals surface area contributed by atoms with Crippen molar-refractivity contribution in [3.63, 3.8) is 0 Å². The number of morpholine rings is 1. The summed E-state index contributed by atoms with van der Waals surface area (Å²) in [6.45, 7) is 8.31. The van der Waals surface area contributed by atoms with Crippen LogP contribution in [0.1, 0.15) is 22.8 Å². The van der Waals surface area contributed by atoms with E-state index in [9.17, 15) is 4.79 Å². The molecular formula is C24H27N3O2S. The summed E-state index contributed by atoms with van der Waals surface area (Å²) in [6.07, 6.45) is 1.85. The van der Waals surface area contributed by atoms with Crippen LogP contribution >= 0.6 is 11.3 Å². The van der Waals surface area contributed by atoms with Crippen LogP contribution in [0.15, 0.2) is 54.2 Å². The lowest BCUT2D eigenvalue weighted by atomic mass is 9.98. The predicted octanol–water partition coefficient (Wildman–Crippen LogP) is 4.24. The van der Waals surface area contributed by atoms with E-state index < -0.39 is 0 Å². The highest BCUT2D eigenvalue weighted by atomic mass is 32.1. The third kappa shape index (κ3) is 5.14. The first kappa shape index (κ1) is 20.7. The number of aromatic nitrogens is 1. The highest BCUT2D eigenvalue weighted by Gasteiger charge is 2.17. The summed E-state index contributed by atoms with van der Waals surface area (Å²) < 4.78 is 5.41. The number of aryl methyl sites for hydroxylation is 1. The van der Waals surface area contributed by atoms with Crippen molar-refractivity contribution in [2.45, 2.75) is 19.9 Å². The van der Waals surface area contributed by atoms with Gasteiger partial charge in [0, 0.05) is 37.4 Å². The molecule has 6 heteroatoms. The van der Waals surface area contributed by atoms with Crippen molar-refractivity contribution in [3.8, 4) is 21.6 Å². The summed E-state index contributed by atoms with van der Waals surface area (Å²) in [6, 6.07) is 14.5. The molecule has 1 fully saturated rings. The first-order chi connectivity index (χ1) is 14.6. The second kappa shape index (κ2) is 9.51. The summed E-state index contributed by atoms with van der Waals surface area (Å²) >= 11 is 1.58. The molecule has 1 aliphatic heterocycles. The molecule has 1 aromatic heterocycles. The molecule has 1 N–H and O–H groups in total. The van der Waals surface area contributed by atoms with Crippen LogP contribution in [0.25, 0.3) is 21.6 Å². The van der Waals surface area contributed by atoms with Crippen molar-refractivity contribution in [1.29, 1.82) is 0 Å². The molecule has 0 saturated carbocycles. The first-order valence-corrected chi connectivity index (χ1v) is 11.2. The summed E-state index contributed by atoms with van der Waals surface area (Å²) in [5, 5.41) is 3.17. The van der Waals surface area contributed by atoms with E-state index in [1.165, 1.54) is 5.56 Å². The average Bonchev–Trinajstić information content (AvgIpc) is 3.29. The van der Waals surface area contributed by atoms with Crippen LogP contribution in [0.3, 0.4) is 0 Å². The Labute approximate surface area is 181 Å². The van der Waals surface area contributed by atoms with E-state index in [2.05, 4.69) is 59.4 Å². The van der Waals surface area contributed by atoms with E-state index in [-0.39, 0.29) is 11.9 Å². The molecule has 1 aliphatic rings. The lowest BCUT2D eigenvalue weighted by Crippen LogP contribution is -2.46. The molecule has 2 heterocycles. The van der Waals surface area contributed by atoms with Gasteiger partial charge in [0.25, 0.3) is 5.91 Å². The van der Waals surface area contributed by atoms with E-state index in [0.29, 0.717) is 5.56 Å². The van der Waals surface area contributed by atoms with Gasteiger partial charge in [-0.2, -0.15) is 0 Å². The number of thiazole rings is 1. The Morgan fingerprint density at radius 3 is 2.57 bits per heavy atom. The maximum absolute atomic E-state index is 13.1. The average molecular weight is 422 g/mol. The van der Waals surface area contributed by atoms with Crippen molar-refractivity contribution in [1.82, 2.24) is 15.2 Å². The van der Waals surface area contributed by atoms with Gasteiger partial charge in [0.1, 0.15) is 0 Å². The minimum atomic E-state index is -0.0458. The van der Waals surface area contributed by atoms with Crippen LogP contribution in [-0.4, -0.2) is 54.7 Å². The molecule has 1 saturated heterocycles. The lowest BCUT2D eigenvalue weighted by Gasteiger charge is -2.29. The quantitative estimate of drug-likeness (QED) is 0.647. The zero-order valence-corrected chi connectivity index (χ0v) is 18.2. The zero-order valence-electron chi connectivity index (χ0n) is 17.4. The van der Waals surface area contributed by atoms with Gasteiger partial charge in [-0.25, -0.2) is 0 Å². The number of rotatable bonds is 6. The number of ether oxygens (including phenoxy) is 1. The summed E-state index contributed by atoms with van der Waals surface area (Å²) in [7, 11) is 0. The maximum Gasteiger partial charge on any atom is 0.251 e. The van der Waals surface area contributed by atoms with Gasteiger partial charge < -0.3 is 10.1 Å². The predicted molar refractivity (Wildman–Crippen MR) is 122 cm³/mol. The molecule has 0 radical (unpaired) electrons. The van der Waals surface area contributed by atoms with Gasteiger partial charge in [0.05, 0.1) is 23.6 Å². The molecule has 0 bridgehead atoms. The van der Waals surface area contributed by atoms with Crippen LogP contribution in [0, 0.1) is 6.92 Å². The molecule has 4 rings (SSSR count). The van der Waals surface area contributed by atoms with Gasteiger partial charge in [-0.3, -0.25) is 14.7 Å². The standard InChI is InChI=1S/C24H27N3O2S/c1-17-3-5-19(6-4-17)20-11-21(23-14-25-16-30-23)13-22(12-20)24(28)26-18(2)15-27-7-9-29-10-8-27/h3-6,11-14,16,18H,7-10,15H2,1-2H3,(H,26,28). The third-order valence-corrected chi connectivity index (χ3v) is 6.13. The van der Waals surface area contributed by atoms with E-state index in [1.54, 1.807) is 11.3 Å². The molecular weight excluding hydrogens is 394 g/mol. The van der Waals surface area contributed by atoms with E-state index in [0.717, 1.165) is 54.4 Å². The summed E-state index contributed by atoms with van der Waals surface area (Å²) in [5.41, 5.74) is 6.85. The largest absolute Gasteiger partial charge is 0.379 e. The van der Waals surface area contributed by atoms with Crippen LogP contribution in [0.4, 0.5) is 0 Å². The van der Waals surface area contributed by atoms with Crippen molar-refractivity contribution in [2.24, 2.45) is 0 Å². The SMILES string of the molecule is Cc1ccc(-c2cc(C(=O)NC(C)CN3CCOCC3)cc(-c3cncs3)c2)cc1. The number of hydrogen-bond acceptors (Lipinski definition) is 5. The molecule has 0 spiro atoms. The highest BCUT2D eigenvalue weighted by Crippen LogP contribution is 2.30. The molecule has 156 valence electrons. The number of hydrogen-bond donors (Lipinski definition) is 1. The molecule has 1 atom stereocenters. The molecule has 5 nitrogen and oxygen atoms in total. The van der Waals surface area contributed by atoms with E-state index >= 15 is 0 Å². The molecule has 3 aromatic rings. The summed E-state index contributed by atoms with van der Waals surface area (Å²) in [4.78, 5) is 20.7. The lowest BCUT2D eigenvalue weighted by molar-refractivity contribution is 0.0342. The minimum Gasteiger partial charge on any atom is -0.379 e. The second-order valence-corrected chi connectivity index (χ2v) is 8.70. The van der Waals surface area contributed by atoms with Gasteiger partial charge in [0.15, 0.2) is 0 Å². The monoisotopic (exact) mass is 421 g/mol. The van der Waals surface area contributed by atoms with Crippen LogP contribution in [0.5, 0.6) is 0 Å². The fourth-order valence-corrected chi connectivity index (χ4v) is 4.31. The van der Waals surface area contributed by atoms with Crippen LogP contribution < -0.4 is 5.32 Å². The molecule has 1 amide bonds. The van der Waals surface area contributed by atoms with Crippen molar-refractivity contribution >= 4 is 17.2 Å². The number of carbonyl (C=O) groups excluding carboxylic acids is 1. The smallest absolute Gasteiger partial charge is 0.251 e. The molecule has 2 aromatic carbocycles. The summed E-state index contributed by atoms with van der Waals surface area (Å²) in [5.74, 6) is -0.0458. The molecule has 30 heavy (non-hydrogen) atoms. The van der Waals surface area contributed by atoms with E-state index in [4.69, 9.17) is 4.74 Å². The van der Waals surface area contributed by atoms with Gasteiger partial charge >= 0.3 is 0 Å². The minimum absolute atomic E-state index is 0.0458. The van der Waals surface area contributed by atoms with Gasteiger partial charge in [-0.15, -0.1) is 11.3 Å². The molecule has 0 aliphatic carbocycles. The van der Waals surface area contributed by atoms with Gasteiger partial charge in [0.2, 0.25) is 0 Å². The third-order valence-electron chi connectivity index (χ3n) is 5.31. The number of nitrogens with one attached hydrogen (secondary N) is 1. The number of nitrogens with zero attached hydrogens (tertiary/aromatic N) is 2. The number of carbonyl (C=O) groups is 1. The topological polar surface area (TPSA) is 54.5 Å². The van der Waals surface area contributed by atoms with Crippen LogP contribution in [0.2, 0.25) is 0 Å². The van der Waals surface area contributed by atoms with Crippen molar-refractivity contribution in [3.05, 3.63) is 65.3 Å². The maximum atomic E-state index is 13.1. The number of benzene rings is 2.